The van der Waals surface area contributed by atoms with Crippen LogP contribution >= 0.6 is 11.6 Å². The number of halogens is 1. The molecule has 12 heteroatoms. The summed E-state index contributed by atoms with van der Waals surface area (Å²) in [6.45, 7) is 2.93. The molecule has 11 nitrogen and oxygen atoms in total. The normalized spacial score (nSPS) is 15.0. The number of likely N-dealkylation sites (tertiary alicyclic amines) is 1. The lowest BCUT2D eigenvalue weighted by Crippen LogP contribution is -2.39. The second kappa shape index (κ2) is 11.5. The smallest absolute Gasteiger partial charge is 0.276 e. The molecule has 6 bridgehead atoms. The van der Waals surface area contributed by atoms with Crippen LogP contribution in [-0.2, 0) is 17.6 Å². The van der Waals surface area contributed by atoms with E-state index in [1.807, 2.05) is 30.5 Å². The van der Waals surface area contributed by atoms with Crippen molar-refractivity contribution in [3.05, 3.63) is 76.5 Å². The van der Waals surface area contributed by atoms with Gasteiger partial charge in [-0.2, -0.15) is 4.98 Å². The lowest BCUT2D eigenvalue weighted by molar-refractivity contribution is -0.117. The maximum absolute atomic E-state index is 13.1. The Labute approximate surface area is 241 Å². The van der Waals surface area contributed by atoms with Gasteiger partial charge in [-0.15, -0.1) is 0 Å². The lowest BCUT2D eigenvalue weighted by atomic mass is 9.93. The standard InChI is InChI=1S/C29H29ClN8O3/c1-17-10-25(37-41-17)28(40)38-8-6-18(7-9-38)12-26(39)35-24-5-4-21-13-20(24)3-2-19-11-22(15-31-14-19)34-29-32-16-23(30)27(33-21)36-29/h4-5,10-11,13-16,18H,2-3,6-9,12H2,1H3,(H,35,39)(H2,32,33,34,36). The summed E-state index contributed by atoms with van der Waals surface area (Å²) in [5, 5.41) is 13.8. The zero-order valence-electron chi connectivity index (χ0n) is 22.5. The van der Waals surface area contributed by atoms with Crippen LogP contribution < -0.4 is 16.0 Å². The zero-order valence-corrected chi connectivity index (χ0v) is 23.2. The Morgan fingerprint density at radius 1 is 1.07 bits per heavy atom. The molecule has 1 fully saturated rings. The summed E-state index contributed by atoms with van der Waals surface area (Å²) >= 11 is 6.37. The molecule has 6 rings (SSSR count). The largest absolute Gasteiger partial charge is 0.361 e. The van der Waals surface area contributed by atoms with Crippen molar-refractivity contribution in [3.8, 4) is 0 Å². The van der Waals surface area contributed by atoms with E-state index in [1.54, 1.807) is 30.3 Å². The first-order chi connectivity index (χ1) is 19.9. The summed E-state index contributed by atoms with van der Waals surface area (Å²) in [6.07, 6.45) is 8.41. The van der Waals surface area contributed by atoms with Crippen molar-refractivity contribution in [1.29, 1.82) is 0 Å². The number of carbonyl (C=O) groups excluding carboxylic acids is 2. The molecule has 0 unspecified atom stereocenters. The highest BCUT2D eigenvalue weighted by atomic mass is 35.5. The third-order valence-corrected chi connectivity index (χ3v) is 7.62. The number of aromatic nitrogens is 4. The number of pyridine rings is 1. The first-order valence-electron chi connectivity index (χ1n) is 13.6. The molecule has 0 spiro atoms. The number of benzene rings is 1. The minimum atomic E-state index is -0.130. The van der Waals surface area contributed by atoms with Crippen LogP contribution in [0.15, 0.2) is 53.4 Å². The topological polar surface area (TPSA) is 138 Å². The van der Waals surface area contributed by atoms with Gasteiger partial charge in [0.1, 0.15) is 10.8 Å². The number of nitrogens with zero attached hydrogens (tertiary/aromatic N) is 5. The third kappa shape index (κ3) is 6.30. The van der Waals surface area contributed by atoms with Crippen LogP contribution in [-0.4, -0.2) is 49.9 Å². The van der Waals surface area contributed by atoms with Crippen molar-refractivity contribution in [1.82, 2.24) is 25.0 Å². The maximum atomic E-state index is 13.1. The van der Waals surface area contributed by atoms with Crippen molar-refractivity contribution in [3.63, 3.8) is 0 Å². The minimum Gasteiger partial charge on any atom is -0.361 e. The number of anilines is 5. The van der Waals surface area contributed by atoms with E-state index in [2.05, 4.69) is 36.1 Å². The van der Waals surface area contributed by atoms with Crippen molar-refractivity contribution >= 4 is 52.2 Å². The Morgan fingerprint density at radius 2 is 1.93 bits per heavy atom. The van der Waals surface area contributed by atoms with Crippen LogP contribution in [0.5, 0.6) is 0 Å². The summed E-state index contributed by atoms with van der Waals surface area (Å²) in [4.78, 5) is 40.7. The molecular weight excluding hydrogens is 544 g/mol. The molecule has 1 aromatic carbocycles. The molecule has 3 aromatic heterocycles. The van der Waals surface area contributed by atoms with Crippen LogP contribution in [0.25, 0.3) is 0 Å². The number of rotatable bonds is 4. The van der Waals surface area contributed by atoms with Gasteiger partial charge in [0.05, 0.1) is 18.1 Å². The molecule has 0 radical (unpaired) electrons. The molecule has 2 amide bonds. The highest BCUT2D eigenvalue weighted by Gasteiger charge is 2.27. The molecule has 1 saturated heterocycles. The molecule has 5 heterocycles. The average Bonchev–Trinajstić information content (AvgIpc) is 3.41. The fraction of sp³-hybridized carbons (Fsp3) is 0.310. The minimum absolute atomic E-state index is 0.0434. The van der Waals surface area contributed by atoms with Gasteiger partial charge in [-0.25, -0.2) is 4.98 Å². The predicted molar refractivity (Wildman–Crippen MR) is 155 cm³/mol. The van der Waals surface area contributed by atoms with Gasteiger partial charge in [-0.3, -0.25) is 14.6 Å². The molecule has 41 heavy (non-hydrogen) atoms. The van der Waals surface area contributed by atoms with Crippen LogP contribution in [0.2, 0.25) is 5.02 Å². The van der Waals surface area contributed by atoms with Gasteiger partial charge in [0.15, 0.2) is 11.5 Å². The number of aryl methyl sites for hydroxylation is 3. The van der Waals surface area contributed by atoms with E-state index in [0.29, 0.717) is 54.2 Å². The summed E-state index contributed by atoms with van der Waals surface area (Å²) < 4.78 is 5.04. The molecule has 0 saturated carbocycles. The predicted octanol–water partition coefficient (Wildman–Crippen LogP) is 5.29. The van der Waals surface area contributed by atoms with E-state index < -0.39 is 0 Å². The number of hydrogen-bond donors (Lipinski definition) is 3. The van der Waals surface area contributed by atoms with Gasteiger partial charge >= 0.3 is 0 Å². The SMILES string of the molecule is Cc1cc(C(=O)N2CCC(CC(=O)Nc3ccc4cc3CCc3cncc(c3)Nc3ncc(Cl)c(n3)N4)CC2)no1. The number of hydrogen-bond acceptors (Lipinski definition) is 9. The Bertz CT molecular complexity index is 1600. The number of amides is 2. The van der Waals surface area contributed by atoms with Gasteiger partial charge in [-0.05, 0) is 73.9 Å². The first kappa shape index (κ1) is 26.7. The number of fused-ring (bicyclic) bond motifs is 6. The monoisotopic (exact) mass is 572 g/mol. The summed E-state index contributed by atoms with van der Waals surface area (Å²) in [7, 11) is 0. The number of carbonyl (C=O) groups is 2. The Hall–Kier alpha value is -4.51. The van der Waals surface area contributed by atoms with Gasteiger partial charge in [0.2, 0.25) is 11.9 Å². The van der Waals surface area contributed by atoms with E-state index in [0.717, 1.165) is 47.5 Å². The fourth-order valence-electron chi connectivity index (χ4n) is 5.19. The molecule has 0 atom stereocenters. The van der Waals surface area contributed by atoms with Crippen molar-refractivity contribution < 1.29 is 14.1 Å². The van der Waals surface area contributed by atoms with Gasteiger partial charge in [0, 0.05) is 43.1 Å². The average molecular weight is 573 g/mol. The Balaban J connectivity index is 1.14. The van der Waals surface area contributed by atoms with Crippen molar-refractivity contribution in [2.45, 2.75) is 39.0 Å². The molecule has 2 aliphatic heterocycles. The van der Waals surface area contributed by atoms with E-state index in [9.17, 15) is 9.59 Å². The number of piperidine rings is 1. The van der Waals surface area contributed by atoms with Gasteiger partial charge in [0.25, 0.3) is 5.91 Å². The van der Waals surface area contributed by atoms with Crippen molar-refractivity contribution in [2.75, 3.05) is 29.0 Å². The second-order valence-electron chi connectivity index (χ2n) is 10.4. The van der Waals surface area contributed by atoms with E-state index in [1.165, 1.54) is 0 Å². The van der Waals surface area contributed by atoms with E-state index in [4.69, 9.17) is 16.1 Å². The third-order valence-electron chi connectivity index (χ3n) is 7.34. The summed E-state index contributed by atoms with van der Waals surface area (Å²) in [5.74, 6) is 1.50. The lowest BCUT2D eigenvalue weighted by Gasteiger charge is -2.31. The Kier molecular flexibility index (Phi) is 7.51. The van der Waals surface area contributed by atoms with E-state index in [-0.39, 0.29) is 17.7 Å². The Morgan fingerprint density at radius 3 is 2.73 bits per heavy atom. The van der Waals surface area contributed by atoms with Crippen LogP contribution in [0, 0.1) is 12.8 Å². The van der Waals surface area contributed by atoms with Crippen LogP contribution in [0.1, 0.15) is 46.6 Å². The van der Waals surface area contributed by atoms with E-state index >= 15 is 0 Å². The maximum Gasteiger partial charge on any atom is 0.276 e. The molecule has 0 aliphatic carbocycles. The zero-order chi connectivity index (χ0) is 28.3. The molecule has 210 valence electrons. The molecular formula is C29H29ClN8O3. The quantitative estimate of drug-likeness (QED) is 0.298. The van der Waals surface area contributed by atoms with Gasteiger partial charge < -0.3 is 25.4 Å². The van der Waals surface area contributed by atoms with Crippen LogP contribution in [0.4, 0.5) is 28.8 Å². The summed E-state index contributed by atoms with van der Waals surface area (Å²) in [5.41, 5.74) is 4.69. The fourth-order valence-corrected chi connectivity index (χ4v) is 5.32. The molecule has 2 aliphatic rings. The van der Waals surface area contributed by atoms with Gasteiger partial charge in [-0.1, -0.05) is 16.8 Å². The summed E-state index contributed by atoms with van der Waals surface area (Å²) in [6, 6.07) is 9.46. The second-order valence-corrected chi connectivity index (χ2v) is 10.8. The first-order valence-corrected chi connectivity index (χ1v) is 13.9. The molecule has 4 aromatic rings. The molecule has 3 N–H and O–H groups in total. The number of nitrogens with one attached hydrogen (secondary N) is 3. The van der Waals surface area contributed by atoms with Crippen molar-refractivity contribution in [2.24, 2.45) is 5.92 Å². The highest BCUT2D eigenvalue weighted by Crippen LogP contribution is 2.30. The van der Waals surface area contributed by atoms with Crippen LogP contribution in [0.3, 0.4) is 0 Å². The highest BCUT2D eigenvalue weighted by molar-refractivity contribution is 6.32.